The zero-order chi connectivity index (χ0) is 20.2. The summed E-state index contributed by atoms with van der Waals surface area (Å²) in [5.41, 5.74) is 2.00. The van der Waals surface area contributed by atoms with Gasteiger partial charge < -0.3 is 9.47 Å². The third kappa shape index (κ3) is 4.50. The molecular weight excluding hydrogens is 434 g/mol. The monoisotopic (exact) mass is 447 g/mol. The second-order valence-corrected chi connectivity index (χ2v) is 7.09. The lowest BCUT2D eigenvalue weighted by Crippen LogP contribution is -2.08. The molecular formula is C23H14BrNO4. The first-order valence-corrected chi connectivity index (χ1v) is 9.53. The quantitative estimate of drug-likeness (QED) is 0.320. The Balaban J connectivity index is 1.55. The molecule has 0 unspecified atom stereocenters. The van der Waals surface area contributed by atoms with Gasteiger partial charge in [-0.3, -0.25) is 0 Å². The summed E-state index contributed by atoms with van der Waals surface area (Å²) in [5.74, 6) is -0.363. The molecule has 0 fully saturated rings. The fraction of sp³-hybridized carbons (Fsp3) is 0. The van der Waals surface area contributed by atoms with E-state index < -0.39 is 11.9 Å². The number of ether oxygens (including phenoxy) is 2. The van der Waals surface area contributed by atoms with Crippen molar-refractivity contribution in [3.8, 4) is 5.75 Å². The highest BCUT2D eigenvalue weighted by Gasteiger charge is 2.24. The second kappa shape index (κ2) is 8.24. The van der Waals surface area contributed by atoms with Crippen molar-refractivity contribution in [2.75, 3.05) is 0 Å². The number of carbonyl (C=O) groups is 2. The zero-order valence-corrected chi connectivity index (χ0v) is 16.6. The van der Waals surface area contributed by atoms with E-state index in [1.165, 1.54) is 0 Å². The van der Waals surface area contributed by atoms with Crippen molar-refractivity contribution in [1.29, 1.82) is 0 Å². The molecule has 29 heavy (non-hydrogen) atoms. The number of halogens is 1. The number of carbonyl (C=O) groups excluding carboxylic acids is 2. The van der Waals surface area contributed by atoms with Gasteiger partial charge in [0.25, 0.3) is 0 Å². The standard InChI is InChI=1S/C23H14BrNO4/c24-18-11-9-16(10-12-18)21-25-20(23(27)29-21)14-15-5-4-8-19(13-15)28-22(26)17-6-2-1-3-7-17/h1-14H/b20-14-. The van der Waals surface area contributed by atoms with Crippen LogP contribution in [0.2, 0.25) is 0 Å². The molecule has 0 bridgehead atoms. The summed E-state index contributed by atoms with van der Waals surface area (Å²) in [6.45, 7) is 0. The van der Waals surface area contributed by atoms with Crippen LogP contribution in [0, 0.1) is 0 Å². The maximum atomic E-state index is 12.2. The van der Waals surface area contributed by atoms with Gasteiger partial charge in [0, 0.05) is 10.0 Å². The molecule has 0 spiro atoms. The normalized spacial score (nSPS) is 14.4. The Morgan fingerprint density at radius 2 is 1.72 bits per heavy atom. The number of cyclic esters (lactones) is 1. The van der Waals surface area contributed by atoms with Gasteiger partial charge in [-0.1, -0.05) is 46.3 Å². The molecule has 0 N–H and O–H groups in total. The van der Waals surface area contributed by atoms with Gasteiger partial charge >= 0.3 is 11.9 Å². The summed E-state index contributed by atoms with van der Waals surface area (Å²) in [5, 5.41) is 0. The van der Waals surface area contributed by atoms with Gasteiger partial charge in [-0.05, 0) is 60.2 Å². The van der Waals surface area contributed by atoms with E-state index in [1.807, 2.05) is 30.3 Å². The highest BCUT2D eigenvalue weighted by Crippen LogP contribution is 2.22. The van der Waals surface area contributed by atoms with Crippen LogP contribution in [-0.2, 0) is 9.53 Å². The van der Waals surface area contributed by atoms with Crippen molar-refractivity contribution in [2.24, 2.45) is 4.99 Å². The fourth-order valence-corrected chi connectivity index (χ4v) is 2.96. The number of aliphatic imine (C=N–C) groups is 1. The highest BCUT2D eigenvalue weighted by molar-refractivity contribution is 9.10. The number of esters is 2. The Kier molecular flexibility index (Phi) is 5.35. The molecule has 1 aliphatic rings. The molecule has 0 aromatic heterocycles. The second-order valence-electron chi connectivity index (χ2n) is 6.17. The van der Waals surface area contributed by atoms with Crippen LogP contribution in [0.25, 0.3) is 6.08 Å². The molecule has 3 aromatic rings. The van der Waals surface area contributed by atoms with Crippen molar-refractivity contribution in [2.45, 2.75) is 0 Å². The maximum absolute atomic E-state index is 12.2. The summed E-state index contributed by atoms with van der Waals surface area (Å²) in [6, 6.07) is 22.9. The van der Waals surface area contributed by atoms with Crippen molar-refractivity contribution < 1.29 is 19.1 Å². The smallest absolute Gasteiger partial charge is 0.363 e. The molecule has 142 valence electrons. The minimum absolute atomic E-state index is 0.175. The molecule has 4 rings (SSSR count). The summed E-state index contributed by atoms with van der Waals surface area (Å²) >= 11 is 3.37. The van der Waals surface area contributed by atoms with E-state index in [9.17, 15) is 9.59 Å². The van der Waals surface area contributed by atoms with E-state index >= 15 is 0 Å². The van der Waals surface area contributed by atoms with Gasteiger partial charge in [-0.25, -0.2) is 14.6 Å². The van der Waals surface area contributed by atoms with Crippen molar-refractivity contribution >= 4 is 39.8 Å². The molecule has 1 heterocycles. The van der Waals surface area contributed by atoms with Crippen molar-refractivity contribution in [3.05, 3.63) is 106 Å². The lowest BCUT2D eigenvalue weighted by atomic mass is 10.2. The Morgan fingerprint density at radius 3 is 2.48 bits per heavy atom. The molecule has 0 saturated carbocycles. The average molecular weight is 448 g/mol. The van der Waals surface area contributed by atoms with Gasteiger partial charge in [-0.15, -0.1) is 0 Å². The van der Waals surface area contributed by atoms with E-state index in [4.69, 9.17) is 9.47 Å². The van der Waals surface area contributed by atoms with E-state index in [0.29, 0.717) is 22.4 Å². The van der Waals surface area contributed by atoms with E-state index in [-0.39, 0.29) is 11.6 Å². The van der Waals surface area contributed by atoms with Crippen LogP contribution in [0.4, 0.5) is 0 Å². The lowest BCUT2D eigenvalue weighted by Gasteiger charge is -2.05. The Bertz CT molecular complexity index is 1140. The zero-order valence-electron chi connectivity index (χ0n) is 15.0. The predicted molar refractivity (Wildman–Crippen MR) is 113 cm³/mol. The fourth-order valence-electron chi connectivity index (χ4n) is 2.69. The lowest BCUT2D eigenvalue weighted by molar-refractivity contribution is -0.129. The van der Waals surface area contributed by atoms with Crippen LogP contribution in [0.3, 0.4) is 0 Å². The molecule has 1 aliphatic heterocycles. The van der Waals surface area contributed by atoms with Gasteiger partial charge in [-0.2, -0.15) is 0 Å². The number of hydrogen-bond acceptors (Lipinski definition) is 5. The highest BCUT2D eigenvalue weighted by atomic mass is 79.9. The number of benzene rings is 3. The molecule has 3 aromatic carbocycles. The van der Waals surface area contributed by atoms with Gasteiger partial charge in [0.1, 0.15) is 5.75 Å². The first-order valence-electron chi connectivity index (χ1n) is 8.74. The maximum Gasteiger partial charge on any atom is 0.363 e. The number of rotatable bonds is 4. The topological polar surface area (TPSA) is 65.0 Å². The first kappa shape index (κ1) is 18.8. The van der Waals surface area contributed by atoms with Crippen LogP contribution in [0.1, 0.15) is 21.5 Å². The minimum Gasteiger partial charge on any atom is -0.423 e. The number of nitrogens with zero attached hydrogens (tertiary/aromatic N) is 1. The van der Waals surface area contributed by atoms with Crippen molar-refractivity contribution in [1.82, 2.24) is 0 Å². The van der Waals surface area contributed by atoms with Gasteiger partial charge in [0.05, 0.1) is 5.56 Å². The van der Waals surface area contributed by atoms with E-state index in [1.54, 1.807) is 54.6 Å². The summed E-state index contributed by atoms with van der Waals surface area (Å²) < 4.78 is 11.6. The van der Waals surface area contributed by atoms with Crippen LogP contribution in [-0.4, -0.2) is 17.8 Å². The summed E-state index contributed by atoms with van der Waals surface area (Å²) in [6.07, 6.45) is 1.59. The number of hydrogen-bond donors (Lipinski definition) is 0. The van der Waals surface area contributed by atoms with E-state index in [0.717, 1.165) is 4.47 Å². The van der Waals surface area contributed by atoms with Crippen molar-refractivity contribution in [3.63, 3.8) is 0 Å². The molecule has 0 atom stereocenters. The van der Waals surface area contributed by atoms with Crippen LogP contribution >= 0.6 is 15.9 Å². The van der Waals surface area contributed by atoms with Crippen LogP contribution < -0.4 is 4.74 Å². The first-order chi connectivity index (χ1) is 14.1. The molecule has 6 heteroatoms. The molecule has 0 radical (unpaired) electrons. The predicted octanol–water partition coefficient (Wildman–Crippen LogP) is 5.01. The molecule has 0 amide bonds. The SMILES string of the molecule is O=C1OC(c2ccc(Br)cc2)=N/C1=C\c1cccc(OC(=O)c2ccccc2)c1. The van der Waals surface area contributed by atoms with Gasteiger partial charge in [0.15, 0.2) is 5.70 Å². The minimum atomic E-state index is -0.533. The summed E-state index contributed by atoms with van der Waals surface area (Å²) in [4.78, 5) is 28.7. The molecule has 5 nitrogen and oxygen atoms in total. The average Bonchev–Trinajstić information content (AvgIpc) is 3.09. The Morgan fingerprint density at radius 1 is 0.966 bits per heavy atom. The van der Waals surface area contributed by atoms with Crippen LogP contribution in [0.5, 0.6) is 5.75 Å². The molecule has 0 aliphatic carbocycles. The van der Waals surface area contributed by atoms with Gasteiger partial charge in [0.2, 0.25) is 5.90 Å². The molecule has 0 saturated heterocycles. The van der Waals surface area contributed by atoms with E-state index in [2.05, 4.69) is 20.9 Å². The third-order valence-corrected chi connectivity index (χ3v) is 4.62. The van der Waals surface area contributed by atoms with Crippen LogP contribution in [0.15, 0.2) is 94.0 Å². The third-order valence-electron chi connectivity index (χ3n) is 4.09. The Hall–Kier alpha value is -3.51. The Labute approximate surface area is 175 Å². The largest absolute Gasteiger partial charge is 0.423 e. The summed E-state index contributed by atoms with van der Waals surface area (Å²) in [7, 11) is 0.